The van der Waals surface area contributed by atoms with Gasteiger partial charge in [-0.25, -0.2) is 0 Å². The highest BCUT2D eigenvalue weighted by Crippen LogP contribution is 2.27. The van der Waals surface area contributed by atoms with Gasteiger partial charge in [0.05, 0.1) is 5.00 Å². The van der Waals surface area contributed by atoms with E-state index in [1.165, 1.54) is 5.00 Å². The van der Waals surface area contributed by atoms with E-state index < -0.39 is 0 Å². The lowest BCUT2D eigenvalue weighted by Crippen LogP contribution is -2.33. The Hall–Kier alpha value is -0.0600. The lowest BCUT2D eigenvalue weighted by atomic mass is 10.0. The van der Waals surface area contributed by atoms with E-state index in [2.05, 4.69) is 53.2 Å². The van der Waals surface area contributed by atoms with Gasteiger partial charge in [0, 0.05) is 29.0 Å². The third kappa shape index (κ3) is 5.00. The fourth-order valence-corrected chi connectivity index (χ4v) is 2.80. The summed E-state index contributed by atoms with van der Waals surface area (Å²) in [5, 5.41) is 3.41. The van der Waals surface area contributed by atoms with Crippen molar-refractivity contribution in [3.63, 3.8) is 0 Å². The molecule has 0 aromatic carbocycles. The van der Waals surface area contributed by atoms with Crippen LogP contribution in [0.1, 0.15) is 26.7 Å². The summed E-state index contributed by atoms with van der Waals surface area (Å²) in [6.45, 7) is 5.22. The van der Waals surface area contributed by atoms with E-state index >= 15 is 0 Å². The number of thiophene rings is 1. The summed E-state index contributed by atoms with van der Waals surface area (Å²) < 4.78 is 1.16. The first-order chi connectivity index (χ1) is 6.88. The zero-order valence-corrected chi connectivity index (χ0v) is 12.0. The fourth-order valence-electron chi connectivity index (χ4n) is 1.38. The van der Waals surface area contributed by atoms with Gasteiger partial charge in [-0.2, -0.15) is 0 Å². The molecule has 1 aromatic rings. The highest BCUT2D eigenvalue weighted by Gasteiger charge is 2.11. The van der Waals surface area contributed by atoms with Crippen LogP contribution in [0.25, 0.3) is 0 Å². The number of anilines is 1. The molecule has 86 valence electrons. The molecule has 0 bridgehead atoms. The van der Waals surface area contributed by atoms with E-state index in [0.29, 0.717) is 0 Å². The molecule has 0 aliphatic carbocycles. The first-order valence-corrected chi connectivity index (χ1v) is 6.80. The van der Waals surface area contributed by atoms with Crippen molar-refractivity contribution >= 4 is 32.3 Å². The first kappa shape index (κ1) is 13.0. The van der Waals surface area contributed by atoms with Gasteiger partial charge in [-0.05, 0) is 48.7 Å². The van der Waals surface area contributed by atoms with Gasteiger partial charge in [0.25, 0.3) is 0 Å². The van der Waals surface area contributed by atoms with Crippen LogP contribution in [0.15, 0.2) is 15.9 Å². The predicted octanol–water partition coefficient (Wildman–Crippen LogP) is 3.46. The van der Waals surface area contributed by atoms with Crippen LogP contribution >= 0.6 is 27.3 Å². The molecule has 4 heteroatoms. The molecule has 1 aromatic heterocycles. The molecular weight excluding hydrogens is 272 g/mol. The van der Waals surface area contributed by atoms with Gasteiger partial charge in [0.1, 0.15) is 0 Å². The maximum absolute atomic E-state index is 5.94. The summed E-state index contributed by atoms with van der Waals surface area (Å²) >= 11 is 5.23. The van der Waals surface area contributed by atoms with E-state index in [1.807, 2.05) is 0 Å². The first-order valence-electron chi connectivity index (χ1n) is 5.12. The summed E-state index contributed by atoms with van der Waals surface area (Å²) in [7, 11) is 2.13. The van der Waals surface area contributed by atoms with E-state index in [-0.39, 0.29) is 5.54 Å². The van der Waals surface area contributed by atoms with E-state index in [1.54, 1.807) is 11.3 Å². The largest absolute Gasteiger partial charge is 0.366 e. The molecule has 2 N–H and O–H groups in total. The maximum atomic E-state index is 5.94. The molecule has 0 aliphatic rings. The van der Waals surface area contributed by atoms with Crippen LogP contribution in [-0.2, 0) is 0 Å². The Kier molecular flexibility index (Phi) is 4.62. The van der Waals surface area contributed by atoms with Gasteiger partial charge in [-0.1, -0.05) is 0 Å². The second-order valence-corrected chi connectivity index (χ2v) is 6.42. The highest BCUT2D eigenvalue weighted by atomic mass is 79.9. The smallest absolute Gasteiger partial charge is 0.0917 e. The minimum absolute atomic E-state index is 0.0448. The third-order valence-corrected chi connectivity index (χ3v) is 4.05. The summed E-state index contributed by atoms with van der Waals surface area (Å²) in [6, 6.07) is 2.15. The molecule has 2 nitrogen and oxygen atoms in total. The summed E-state index contributed by atoms with van der Waals surface area (Å²) in [5.74, 6) is 0. The molecule has 0 aliphatic heterocycles. The zero-order valence-electron chi connectivity index (χ0n) is 9.59. The molecule has 0 saturated heterocycles. The fraction of sp³-hybridized carbons (Fsp3) is 0.636. The van der Waals surface area contributed by atoms with Gasteiger partial charge < -0.3 is 10.6 Å². The van der Waals surface area contributed by atoms with E-state index in [4.69, 9.17) is 5.73 Å². The van der Waals surface area contributed by atoms with Gasteiger partial charge in [-0.3, -0.25) is 0 Å². The number of nitrogens with zero attached hydrogens (tertiary/aromatic N) is 1. The molecule has 1 heterocycles. The van der Waals surface area contributed by atoms with Crippen molar-refractivity contribution in [2.75, 3.05) is 18.5 Å². The van der Waals surface area contributed by atoms with Crippen LogP contribution in [0.5, 0.6) is 0 Å². The molecule has 0 spiro atoms. The molecule has 0 unspecified atom stereocenters. The second kappa shape index (κ2) is 5.32. The van der Waals surface area contributed by atoms with Gasteiger partial charge >= 0.3 is 0 Å². The number of hydrogen-bond donors (Lipinski definition) is 1. The van der Waals surface area contributed by atoms with Crippen LogP contribution in [0, 0.1) is 0 Å². The Morgan fingerprint density at radius 1 is 1.53 bits per heavy atom. The minimum Gasteiger partial charge on any atom is -0.366 e. The molecular formula is C11H19BrN2S. The van der Waals surface area contributed by atoms with Crippen LogP contribution < -0.4 is 10.6 Å². The monoisotopic (exact) mass is 290 g/mol. The highest BCUT2D eigenvalue weighted by molar-refractivity contribution is 9.10. The van der Waals surface area contributed by atoms with Gasteiger partial charge in [0.15, 0.2) is 0 Å². The minimum atomic E-state index is -0.0448. The summed E-state index contributed by atoms with van der Waals surface area (Å²) in [6.07, 6.45) is 2.19. The van der Waals surface area contributed by atoms with E-state index in [9.17, 15) is 0 Å². The van der Waals surface area contributed by atoms with Gasteiger partial charge in [0.2, 0.25) is 0 Å². The standard InChI is InChI=1S/C11H19BrN2S/c1-11(2,13)5-4-6-14(3)10-7-9(12)8-15-10/h7-8H,4-6,13H2,1-3H3. The Morgan fingerprint density at radius 3 is 2.67 bits per heavy atom. The molecule has 1 rings (SSSR count). The van der Waals surface area contributed by atoms with Crippen molar-refractivity contribution in [3.05, 3.63) is 15.9 Å². The van der Waals surface area contributed by atoms with E-state index in [0.717, 1.165) is 23.9 Å². The molecule has 0 fully saturated rings. The summed E-state index contributed by atoms with van der Waals surface area (Å²) in [5.41, 5.74) is 5.90. The van der Waals surface area contributed by atoms with Crippen LogP contribution in [0.3, 0.4) is 0 Å². The molecule has 0 amide bonds. The number of nitrogens with two attached hydrogens (primary N) is 1. The zero-order chi connectivity index (χ0) is 11.5. The maximum Gasteiger partial charge on any atom is 0.0917 e. The average molecular weight is 291 g/mol. The number of rotatable bonds is 5. The average Bonchev–Trinajstić information content (AvgIpc) is 2.49. The normalized spacial score (nSPS) is 11.8. The van der Waals surface area contributed by atoms with Crippen molar-refractivity contribution in [1.29, 1.82) is 0 Å². The van der Waals surface area contributed by atoms with Crippen molar-refractivity contribution < 1.29 is 0 Å². The second-order valence-electron chi connectivity index (χ2n) is 4.62. The van der Waals surface area contributed by atoms with Crippen molar-refractivity contribution in [2.24, 2.45) is 5.73 Å². The molecule has 0 atom stereocenters. The third-order valence-electron chi connectivity index (χ3n) is 2.24. The van der Waals surface area contributed by atoms with Crippen molar-refractivity contribution in [3.8, 4) is 0 Å². The predicted molar refractivity (Wildman–Crippen MR) is 72.8 cm³/mol. The number of halogens is 1. The van der Waals surface area contributed by atoms with Crippen LogP contribution in [0.2, 0.25) is 0 Å². The Labute approximate surface area is 105 Å². The van der Waals surface area contributed by atoms with Crippen molar-refractivity contribution in [2.45, 2.75) is 32.2 Å². The lowest BCUT2D eigenvalue weighted by molar-refractivity contribution is 0.460. The van der Waals surface area contributed by atoms with Crippen LogP contribution in [0.4, 0.5) is 5.00 Å². The Bertz CT molecular complexity index is 304. The van der Waals surface area contributed by atoms with Crippen LogP contribution in [-0.4, -0.2) is 19.1 Å². The molecule has 0 radical (unpaired) electrons. The molecule has 0 saturated carbocycles. The van der Waals surface area contributed by atoms with Crippen molar-refractivity contribution in [1.82, 2.24) is 0 Å². The topological polar surface area (TPSA) is 29.3 Å². The SMILES string of the molecule is CN(CCCC(C)(C)N)c1cc(Br)cs1. The Morgan fingerprint density at radius 2 is 2.20 bits per heavy atom. The Balaban J connectivity index is 2.34. The molecule has 15 heavy (non-hydrogen) atoms. The van der Waals surface area contributed by atoms with Gasteiger partial charge in [-0.15, -0.1) is 11.3 Å². The lowest BCUT2D eigenvalue weighted by Gasteiger charge is -2.21. The number of hydrogen-bond acceptors (Lipinski definition) is 3. The quantitative estimate of drug-likeness (QED) is 0.900. The summed E-state index contributed by atoms with van der Waals surface area (Å²) in [4.78, 5) is 2.28.